The predicted octanol–water partition coefficient (Wildman–Crippen LogP) is 0.901. The molecule has 1 aliphatic heterocycles. The van der Waals surface area contributed by atoms with Gasteiger partial charge in [-0.2, -0.15) is 0 Å². The van der Waals surface area contributed by atoms with E-state index in [4.69, 9.17) is 0 Å². The maximum Gasteiger partial charge on any atom is 0.204 e. The lowest BCUT2D eigenvalue weighted by Gasteiger charge is -2.07. The second-order valence-electron chi connectivity index (χ2n) is 3.45. The molecule has 2 N–H and O–H groups in total. The third kappa shape index (κ3) is 1.44. The van der Waals surface area contributed by atoms with Gasteiger partial charge < -0.3 is 10.2 Å². The minimum absolute atomic E-state index is 0.110. The van der Waals surface area contributed by atoms with Gasteiger partial charge >= 0.3 is 0 Å². The molecule has 0 fully saturated rings. The first-order valence-corrected chi connectivity index (χ1v) is 5.95. The van der Waals surface area contributed by atoms with Crippen LogP contribution in [-0.4, -0.2) is 24.7 Å². The maximum absolute atomic E-state index is 11.6. The van der Waals surface area contributed by atoms with E-state index in [-0.39, 0.29) is 10.6 Å². The molecule has 1 aliphatic rings. The Labute approximate surface area is 87.4 Å². The van der Waals surface area contributed by atoms with E-state index in [1.807, 2.05) is 0 Å². The summed E-state index contributed by atoms with van der Waals surface area (Å²) < 4.78 is 23.3. The van der Waals surface area contributed by atoms with Crippen molar-refractivity contribution in [3.8, 4) is 5.75 Å². The molecule has 0 saturated carbocycles. The van der Waals surface area contributed by atoms with Gasteiger partial charge in [-0.1, -0.05) is 12.1 Å². The number of fused-ring (bicyclic) bond motifs is 1. The van der Waals surface area contributed by atoms with E-state index in [1.54, 1.807) is 12.1 Å². The highest BCUT2D eigenvalue weighted by Crippen LogP contribution is 2.39. The van der Waals surface area contributed by atoms with Gasteiger partial charge in [0.05, 0.1) is 6.10 Å². The Kier molecular flexibility index (Phi) is 2.09. The van der Waals surface area contributed by atoms with Crippen LogP contribution in [0.1, 0.15) is 12.5 Å². The number of sulfone groups is 1. The summed E-state index contributed by atoms with van der Waals surface area (Å²) in [5.74, 6) is -0.278. The van der Waals surface area contributed by atoms with Crippen LogP contribution in [0.25, 0.3) is 5.57 Å². The van der Waals surface area contributed by atoms with Gasteiger partial charge in [0.1, 0.15) is 10.6 Å². The van der Waals surface area contributed by atoms with Crippen molar-refractivity contribution >= 4 is 15.4 Å². The van der Waals surface area contributed by atoms with Crippen LogP contribution in [0.3, 0.4) is 0 Å². The molecule has 0 amide bonds. The maximum atomic E-state index is 11.6. The van der Waals surface area contributed by atoms with Crippen molar-refractivity contribution < 1.29 is 18.6 Å². The predicted molar refractivity (Wildman–Crippen MR) is 55.0 cm³/mol. The van der Waals surface area contributed by atoms with Crippen molar-refractivity contribution in [2.45, 2.75) is 17.9 Å². The quantitative estimate of drug-likeness (QED) is 0.746. The summed E-state index contributed by atoms with van der Waals surface area (Å²) in [5.41, 5.74) is 0.700. The average Bonchev–Trinajstić information content (AvgIpc) is 2.39. The normalized spacial score (nSPS) is 19.5. The van der Waals surface area contributed by atoms with Crippen molar-refractivity contribution in [2.24, 2.45) is 0 Å². The molecular formula is C10H10O4S. The number of aliphatic hydroxyl groups excluding tert-OH is 1. The molecule has 0 spiro atoms. The second kappa shape index (κ2) is 3.08. The lowest BCUT2D eigenvalue weighted by molar-refractivity contribution is 0.253. The Morgan fingerprint density at radius 1 is 1.33 bits per heavy atom. The van der Waals surface area contributed by atoms with Crippen LogP contribution in [0, 0.1) is 0 Å². The topological polar surface area (TPSA) is 74.6 Å². The Hall–Kier alpha value is -1.33. The third-order valence-corrected chi connectivity index (χ3v) is 3.88. The van der Waals surface area contributed by atoms with E-state index in [0.29, 0.717) is 11.1 Å². The minimum Gasteiger partial charge on any atom is -0.507 e. The zero-order valence-electron chi connectivity index (χ0n) is 8.01. The van der Waals surface area contributed by atoms with E-state index in [2.05, 4.69) is 0 Å². The molecule has 15 heavy (non-hydrogen) atoms. The Bertz CT molecular complexity index is 541. The van der Waals surface area contributed by atoms with Crippen molar-refractivity contribution in [3.05, 3.63) is 29.2 Å². The molecule has 0 saturated heterocycles. The monoisotopic (exact) mass is 226 g/mol. The average molecular weight is 226 g/mol. The molecule has 0 radical (unpaired) electrons. The fourth-order valence-corrected chi connectivity index (χ4v) is 3.29. The van der Waals surface area contributed by atoms with Crippen molar-refractivity contribution in [3.63, 3.8) is 0 Å². The molecular weight excluding hydrogens is 216 g/mol. The molecule has 0 aliphatic carbocycles. The van der Waals surface area contributed by atoms with Crippen molar-refractivity contribution in [1.82, 2.24) is 0 Å². The van der Waals surface area contributed by atoms with Crippen molar-refractivity contribution in [1.29, 1.82) is 0 Å². The number of hydrogen-bond donors (Lipinski definition) is 2. The highest BCUT2D eigenvalue weighted by molar-refractivity contribution is 7.95. The zero-order valence-corrected chi connectivity index (χ0v) is 8.82. The Balaban J connectivity index is 2.79. The van der Waals surface area contributed by atoms with Crippen LogP contribution in [0.4, 0.5) is 0 Å². The first-order valence-electron chi connectivity index (χ1n) is 4.40. The van der Waals surface area contributed by atoms with Crippen LogP contribution in [0.15, 0.2) is 28.5 Å². The van der Waals surface area contributed by atoms with E-state index in [1.165, 1.54) is 13.0 Å². The third-order valence-electron chi connectivity index (χ3n) is 2.32. The summed E-state index contributed by atoms with van der Waals surface area (Å²) in [6, 6.07) is 4.43. The molecule has 80 valence electrons. The number of aromatic hydroxyl groups is 1. The summed E-state index contributed by atoms with van der Waals surface area (Å²) in [6.07, 6.45) is -0.872. The number of phenolic OH excluding ortho intramolecular Hbond substituents is 1. The van der Waals surface area contributed by atoms with Gasteiger partial charge in [-0.05, 0) is 13.0 Å². The minimum atomic E-state index is -3.60. The molecule has 1 atom stereocenters. The molecule has 0 bridgehead atoms. The van der Waals surface area contributed by atoms with Gasteiger partial charge in [0.2, 0.25) is 9.84 Å². The Morgan fingerprint density at radius 2 is 2.00 bits per heavy atom. The summed E-state index contributed by atoms with van der Waals surface area (Å²) >= 11 is 0. The van der Waals surface area contributed by atoms with E-state index in [9.17, 15) is 18.6 Å². The molecule has 1 heterocycles. The smallest absolute Gasteiger partial charge is 0.204 e. The molecule has 5 heteroatoms. The number of benzene rings is 1. The lowest BCUT2D eigenvalue weighted by atomic mass is 10.0. The first kappa shape index (κ1) is 10.2. The van der Waals surface area contributed by atoms with Crippen LogP contribution in [0.5, 0.6) is 5.75 Å². The summed E-state index contributed by atoms with van der Waals surface area (Å²) in [4.78, 5) is -0.110. The molecule has 1 aromatic rings. The van der Waals surface area contributed by atoms with Gasteiger partial charge in [0.15, 0.2) is 0 Å². The van der Waals surface area contributed by atoms with Gasteiger partial charge in [-0.25, -0.2) is 8.42 Å². The molecule has 1 aromatic carbocycles. The van der Waals surface area contributed by atoms with Crippen molar-refractivity contribution in [2.75, 3.05) is 0 Å². The number of aliphatic hydroxyl groups is 1. The first-order chi connectivity index (χ1) is 6.93. The highest BCUT2D eigenvalue weighted by atomic mass is 32.2. The SMILES string of the molecule is CC(O)C1=CS(=O)(=O)c2c(O)cccc21. The van der Waals surface area contributed by atoms with Crippen LogP contribution in [0.2, 0.25) is 0 Å². The van der Waals surface area contributed by atoms with Crippen LogP contribution >= 0.6 is 0 Å². The number of phenols is 1. The number of hydrogen-bond acceptors (Lipinski definition) is 4. The van der Waals surface area contributed by atoms with Gasteiger partial charge in [0.25, 0.3) is 0 Å². The molecule has 0 aromatic heterocycles. The van der Waals surface area contributed by atoms with Gasteiger partial charge in [0, 0.05) is 16.5 Å². The highest BCUT2D eigenvalue weighted by Gasteiger charge is 2.31. The van der Waals surface area contributed by atoms with Crippen LogP contribution < -0.4 is 0 Å². The van der Waals surface area contributed by atoms with Crippen LogP contribution in [-0.2, 0) is 9.84 Å². The summed E-state index contributed by atoms with van der Waals surface area (Å²) in [5, 5.41) is 19.9. The largest absolute Gasteiger partial charge is 0.507 e. The molecule has 2 rings (SSSR count). The Morgan fingerprint density at radius 3 is 2.60 bits per heavy atom. The fraction of sp³-hybridized carbons (Fsp3) is 0.200. The summed E-state index contributed by atoms with van der Waals surface area (Å²) in [6.45, 7) is 1.49. The molecule has 4 nitrogen and oxygen atoms in total. The lowest BCUT2D eigenvalue weighted by Crippen LogP contribution is -2.01. The fourth-order valence-electron chi connectivity index (χ4n) is 1.66. The summed E-state index contributed by atoms with van der Waals surface area (Å²) in [7, 11) is -3.60. The van der Waals surface area contributed by atoms with E-state index in [0.717, 1.165) is 5.41 Å². The van der Waals surface area contributed by atoms with Gasteiger partial charge in [-0.15, -0.1) is 0 Å². The zero-order chi connectivity index (χ0) is 11.2. The molecule has 1 unspecified atom stereocenters. The van der Waals surface area contributed by atoms with E-state index < -0.39 is 15.9 Å². The van der Waals surface area contributed by atoms with E-state index >= 15 is 0 Å². The second-order valence-corrected chi connectivity index (χ2v) is 5.18. The standard InChI is InChI=1S/C10H10O4S/c1-6(11)8-5-15(13,14)10-7(8)3-2-4-9(10)12/h2-6,11-12H,1H3. The van der Waals surface area contributed by atoms with Gasteiger partial charge in [-0.3, -0.25) is 0 Å². The number of rotatable bonds is 1.